The first-order chi connectivity index (χ1) is 18.6. The molecule has 3 aromatic carbocycles. The summed E-state index contributed by atoms with van der Waals surface area (Å²) in [5, 5.41) is 9.89. The van der Waals surface area contributed by atoms with E-state index in [1.807, 2.05) is 72.8 Å². The van der Waals surface area contributed by atoms with E-state index in [1.54, 1.807) is 36.5 Å². The molecular weight excluding hydrogens is 498 g/mol. The number of nitrogens with zero attached hydrogens (tertiary/aromatic N) is 3. The normalized spacial score (nSPS) is 15.2. The molecule has 0 spiro atoms. The Hall–Kier alpha value is -4.74. The van der Waals surface area contributed by atoms with Crippen molar-refractivity contribution >= 4 is 34.6 Å². The van der Waals surface area contributed by atoms with Gasteiger partial charge in [0.25, 0.3) is 5.91 Å². The molecule has 38 heavy (non-hydrogen) atoms. The number of benzene rings is 3. The summed E-state index contributed by atoms with van der Waals surface area (Å²) < 4.78 is 17.0. The number of amidine groups is 1. The Morgan fingerprint density at radius 2 is 1.84 bits per heavy atom. The van der Waals surface area contributed by atoms with E-state index in [0.29, 0.717) is 32.9 Å². The molecule has 0 bridgehead atoms. The predicted octanol–water partition coefficient (Wildman–Crippen LogP) is 6.54. The van der Waals surface area contributed by atoms with Gasteiger partial charge in [-0.05, 0) is 65.9 Å². The smallest absolute Gasteiger partial charge is 0.267 e. The van der Waals surface area contributed by atoms with E-state index >= 15 is 0 Å². The van der Waals surface area contributed by atoms with Crippen LogP contribution in [0.15, 0.2) is 106 Å². The van der Waals surface area contributed by atoms with Crippen molar-refractivity contribution in [2.24, 2.45) is 4.99 Å². The Morgan fingerprint density at radius 1 is 1.03 bits per heavy atom. The number of methoxy groups -OCH3 is 1. The van der Waals surface area contributed by atoms with Crippen LogP contribution in [0.5, 0.6) is 11.5 Å². The van der Waals surface area contributed by atoms with Gasteiger partial charge in [0, 0.05) is 5.56 Å². The van der Waals surface area contributed by atoms with Crippen LogP contribution >= 0.6 is 11.8 Å². The molecule has 1 saturated heterocycles. The fraction of sp³-hybridized carbons (Fsp3) is 0.100. The lowest BCUT2D eigenvalue weighted by molar-refractivity contribution is -0.122. The highest BCUT2D eigenvalue weighted by Gasteiger charge is 2.34. The van der Waals surface area contributed by atoms with Gasteiger partial charge < -0.3 is 13.9 Å². The van der Waals surface area contributed by atoms with Crippen LogP contribution in [0.4, 0.5) is 5.69 Å². The fourth-order valence-corrected chi connectivity index (χ4v) is 4.86. The second-order valence-corrected chi connectivity index (χ2v) is 9.29. The van der Waals surface area contributed by atoms with E-state index in [-0.39, 0.29) is 19.1 Å². The van der Waals surface area contributed by atoms with Gasteiger partial charge in [0.05, 0.1) is 42.1 Å². The van der Waals surface area contributed by atoms with Crippen molar-refractivity contribution in [3.8, 4) is 17.6 Å². The lowest BCUT2D eigenvalue weighted by Gasteiger charge is -2.14. The Bertz CT molecular complexity index is 1540. The number of hydrogen-bond donors (Lipinski definition) is 0. The predicted molar refractivity (Wildman–Crippen MR) is 147 cm³/mol. The number of furan rings is 1. The highest BCUT2D eigenvalue weighted by molar-refractivity contribution is 8.18. The minimum atomic E-state index is -0.159. The first-order valence-electron chi connectivity index (χ1n) is 11.8. The Morgan fingerprint density at radius 3 is 2.61 bits per heavy atom. The molecule has 0 saturated carbocycles. The number of carbonyl (C=O) groups excluding carboxylic acids is 1. The topological polar surface area (TPSA) is 88.1 Å². The summed E-state index contributed by atoms with van der Waals surface area (Å²) in [6.45, 7) is 0.512. The molecule has 188 valence electrons. The second kappa shape index (κ2) is 11.5. The number of rotatable bonds is 8. The largest absolute Gasteiger partial charge is 0.493 e. The molecule has 4 aromatic rings. The average molecular weight is 522 g/mol. The molecule has 1 aromatic heterocycles. The van der Waals surface area contributed by atoms with E-state index in [4.69, 9.17) is 18.9 Å². The summed E-state index contributed by atoms with van der Waals surface area (Å²) in [7, 11) is 1.56. The molecule has 0 aliphatic carbocycles. The van der Waals surface area contributed by atoms with Crippen molar-refractivity contribution in [1.29, 1.82) is 5.26 Å². The maximum absolute atomic E-state index is 13.4. The van der Waals surface area contributed by atoms with Gasteiger partial charge in [-0.3, -0.25) is 9.69 Å². The first-order valence-corrected chi connectivity index (χ1v) is 12.6. The summed E-state index contributed by atoms with van der Waals surface area (Å²) in [6.07, 6.45) is 3.40. The number of ether oxygens (including phenoxy) is 2. The molecule has 7 nitrogen and oxygen atoms in total. The zero-order valence-corrected chi connectivity index (χ0v) is 21.4. The Kier molecular flexibility index (Phi) is 7.57. The number of aliphatic imine (C=N–C) groups is 1. The van der Waals surface area contributed by atoms with Crippen molar-refractivity contribution < 1.29 is 18.7 Å². The number of hydrogen-bond acceptors (Lipinski definition) is 7. The van der Waals surface area contributed by atoms with Crippen LogP contribution < -0.4 is 9.47 Å². The molecule has 2 heterocycles. The van der Waals surface area contributed by atoms with Crippen molar-refractivity contribution in [3.63, 3.8) is 0 Å². The fourth-order valence-electron chi connectivity index (χ4n) is 3.86. The molecule has 1 fully saturated rings. The Balaban J connectivity index is 1.40. The zero-order chi connectivity index (χ0) is 26.3. The third-order valence-corrected chi connectivity index (χ3v) is 6.78. The van der Waals surface area contributed by atoms with Crippen LogP contribution in [-0.2, 0) is 17.9 Å². The molecule has 0 N–H and O–H groups in total. The molecule has 5 rings (SSSR count). The van der Waals surface area contributed by atoms with Gasteiger partial charge in [-0.15, -0.1) is 0 Å². The molecule has 0 unspecified atom stereocenters. The van der Waals surface area contributed by atoms with Gasteiger partial charge >= 0.3 is 0 Å². The molecule has 0 atom stereocenters. The van der Waals surface area contributed by atoms with Gasteiger partial charge in [0.2, 0.25) is 0 Å². The standard InChI is InChI=1S/C30H23N3O4S/c1-35-27-16-21(13-14-26(27)37-20-23-9-6-5-8-22(23)18-31)17-28-29(34)33(19-25-12-7-15-36-25)30(38-28)32-24-10-3-2-4-11-24/h2-17H,19-20H2,1H3/b28-17-,32-30?. The molecule has 8 heteroatoms. The summed E-state index contributed by atoms with van der Waals surface area (Å²) >= 11 is 1.31. The van der Waals surface area contributed by atoms with Crippen LogP contribution in [0.1, 0.15) is 22.5 Å². The molecule has 1 aliphatic rings. The second-order valence-electron chi connectivity index (χ2n) is 8.28. The van der Waals surface area contributed by atoms with E-state index in [9.17, 15) is 10.1 Å². The van der Waals surface area contributed by atoms with E-state index in [2.05, 4.69) is 6.07 Å². The lowest BCUT2D eigenvalue weighted by atomic mass is 10.1. The van der Waals surface area contributed by atoms with Crippen molar-refractivity contribution in [2.75, 3.05) is 7.11 Å². The minimum Gasteiger partial charge on any atom is -0.493 e. The highest BCUT2D eigenvalue weighted by atomic mass is 32.2. The van der Waals surface area contributed by atoms with Crippen LogP contribution in [0.2, 0.25) is 0 Å². The summed E-state index contributed by atoms with van der Waals surface area (Å²) in [6, 6.07) is 28.1. The Labute approximate surface area is 224 Å². The summed E-state index contributed by atoms with van der Waals surface area (Å²) in [4.78, 5) is 20.3. The number of carbonyl (C=O) groups is 1. The highest BCUT2D eigenvalue weighted by Crippen LogP contribution is 2.37. The molecular formula is C30H23N3O4S. The summed E-state index contributed by atoms with van der Waals surface area (Å²) in [5.74, 6) is 1.57. The maximum Gasteiger partial charge on any atom is 0.267 e. The van der Waals surface area contributed by atoms with Crippen molar-refractivity contribution in [2.45, 2.75) is 13.2 Å². The van der Waals surface area contributed by atoms with Gasteiger partial charge in [-0.1, -0.05) is 42.5 Å². The van der Waals surface area contributed by atoms with Crippen LogP contribution in [0, 0.1) is 11.3 Å². The van der Waals surface area contributed by atoms with Gasteiger partial charge in [-0.2, -0.15) is 5.26 Å². The number of nitriles is 1. The third-order valence-electron chi connectivity index (χ3n) is 5.77. The van der Waals surface area contributed by atoms with Crippen molar-refractivity contribution in [3.05, 3.63) is 119 Å². The first kappa shape index (κ1) is 24.9. The number of thioether (sulfide) groups is 1. The van der Waals surface area contributed by atoms with Crippen LogP contribution in [0.25, 0.3) is 6.08 Å². The molecule has 0 radical (unpaired) electrons. The summed E-state index contributed by atoms with van der Waals surface area (Å²) in [5.41, 5.74) is 2.89. The van der Waals surface area contributed by atoms with E-state index in [1.165, 1.54) is 11.8 Å². The van der Waals surface area contributed by atoms with Crippen molar-refractivity contribution in [1.82, 2.24) is 4.90 Å². The molecule has 1 aliphatic heterocycles. The maximum atomic E-state index is 13.4. The third kappa shape index (κ3) is 5.64. The zero-order valence-electron chi connectivity index (χ0n) is 20.5. The van der Waals surface area contributed by atoms with E-state index < -0.39 is 0 Å². The van der Waals surface area contributed by atoms with Crippen LogP contribution in [-0.4, -0.2) is 23.1 Å². The van der Waals surface area contributed by atoms with Gasteiger partial charge in [0.15, 0.2) is 16.7 Å². The van der Waals surface area contributed by atoms with Gasteiger partial charge in [0.1, 0.15) is 12.4 Å². The average Bonchev–Trinajstić information content (AvgIpc) is 3.57. The molecule has 1 amide bonds. The van der Waals surface area contributed by atoms with Crippen LogP contribution in [0.3, 0.4) is 0 Å². The monoisotopic (exact) mass is 521 g/mol. The van der Waals surface area contributed by atoms with Gasteiger partial charge in [-0.25, -0.2) is 4.99 Å². The van der Waals surface area contributed by atoms with E-state index in [0.717, 1.165) is 16.8 Å². The quantitative estimate of drug-likeness (QED) is 0.245. The number of para-hydroxylation sites is 1. The SMILES string of the molecule is COc1cc(/C=C2\SC(=Nc3ccccc3)N(Cc3ccco3)C2=O)ccc1OCc1ccccc1C#N. The lowest BCUT2D eigenvalue weighted by Crippen LogP contribution is -2.28. The number of amides is 1. The minimum absolute atomic E-state index is 0.159.